The van der Waals surface area contributed by atoms with Crippen LogP contribution in [-0.4, -0.2) is 34.8 Å². The highest BCUT2D eigenvalue weighted by atomic mass is 16.5. The number of anilines is 1. The zero-order valence-corrected chi connectivity index (χ0v) is 16.8. The maximum absolute atomic E-state index is 13.4. The van der Waals surface area contributed by atoms with Crippen LogP contribution < -0.4 is 14.8 Å². The summed E-state index contributed by atoms with van der Waals surface area (Å²) in [6.07, 6.45) is 4.04. The zero-order valence-electron chi connectivity index (χ0n) is 16.8. The molecule has 1 aromatic heterocycles. The quantitative estimate of drug-likeness (QED) is 0.719. The van der Waals surface area contributed by atoms with Crippen molar-refractivity contribution in [1.29, 1.82) is 0 Å². The van der Waals surface area contributed by atoms with Crippen molar-refractivity contribution in [2.75, 3.05) is 19.5 Å². The van der Waals surface area contributed by atoms with E-state index in [9.17, 15) is 4.79 Å². The molecule has 7 heteroatoms. The Hall–Kier alpha value is -3.61. The van der Waals surface area contributed by atoms with Crippen molar-refractivity contribution >= 4 is 11.7 Å². The number of rotatable bonds is 4. The second-order valence-electron chi connectivity index (χ2n) is 7.49. The lowest BCUT2D eigenvalue weighted by Crippen LogP contribution is -2.40. The number of aromatic nitrogens is 3. The maximum Gasteiger partial charge on any atom is 0.226 e. The average Bonchev–Trinajstić information content (AvgIpc) is 3.25. The van der Waals surface area contributed by atoms with E-state index in [1.165, 1.54) is 6.33 Å². The van der Waals surface area contributed by atoms with Crippen LogP contribution in [0.3, 0.4) is 0 Å². The lowest BCUT2D eigenvalue weighted by Gasteiger charge is -2.38. The molecule has 1 N–H and O–H groups in total. The number of nitrogens with zero attached hydrogens (tertiary/aromatic N) is 3. The third-order valence-electron chi connectivity index (χ3n) is 5.87. The summed E-state index contributed by atoms with van der Waals surface area (Å²) >= 11 is 0. The average molecular weight is 402 g/mol. The molecule has 0 spiro atoms. The van der Waals surface area contributed by atoms with E-state index in [4.69, 9.17) is 9.47 Å². The number of methoxy groups -OCH3 is 2. The molecule has 3 aromatic rings. The minimum absolute atomic E-state index is 0.0944. The standard InChI is InChI=1S/C23H22N4O3/c1-29-16-8-9-17(20(12-16)30-2)15-10-18-21(19(28)11-15)22(14-6-4-3-5-7-14)27-23(26-18)24-13-25-27/h3-10,12-13,15,21-22H,11H2,1-2H3,(H,24,25,26)/t15-,21+,22+/m1/s1. The number of ketones is 1. The molecule has 152 valence electrons. The summed E-state index contributed by atoms with van der Waals surface area (Å²) in [6.45, 7) is 0. The SMILES string of the molecule is COc1ccc([C@@H]2C=C3Nc4ncnn4[C@@H](c4ccccc4)[C@@H]3C(=O)C2)c(OC)c1. The summed E-state index contributed by atoms with van der Waals surface area (Å²) in [6, 6.07) is 15.5. The minimum Gasteiger partial charge on any atom is -0.497 e. The van der Waals surface area contributed by atoms with Crippen LogP contribution in [0.2, 0.25) is 0 Å². The Bertz CT molecular complexity index is 1120. The predicted octanol–water partition coefficient (Wildman–Crippen LogP) is 3.57. The number of fused-ring (bicyclic) bond motifs is 2. The van der Waals surface area contributed by atoms with E-state index in [-0.39, 0.29) is 23.7 Å². The second kappa shape index (κ2) is 7.33. The van der Waals surface area contributed by atoms with Gasteiger partial charge >= 0.3 is 0 Å². The number of benzene rings is 2. The summed E-state index contributed by atoms with van der Waals surface area (Å²) in [5, 5.41) is 7.73. The summed E-state index contributed by atoms with van der Waals surface area (Å²) in [5.41, 5.74) is 2.86. The molecule has 0 bridgehead atoms. The highest BCUT2D eigenvalue weighted by molar-refractivity contribution is 5.89. The van der Waals surface area contributed by atoms with Crippen molar-refractivity contribution in [1.82, 2.24) is 14.8 Å². The first-order valence-electron chi connectivity index (χ1n) is 9.87. The molecule has 2 aromatic carbocycles. The maximum atomic E-state index is 13.4. The molecule has 0 radical (unpaired) electrons. The lowest BCUT2D eigenvalue weighted by atomic mass is 9.75. The molecule has 0 fully saturated rings. The largest absolute Gasteiger partial charge is 0.497 e. The van der Waals surface area contributed by atoms with E-state index in [0.29, 0.717) is 18.1 Å². The third kappa shape index (κ3) is 2.94. The molecule has 2 aliphatic rings. The van der Waals surface area contributed by atoms with E-state index in [1.807, 2.05) is 53.2 Å². The number of hydrogen-bond acceptors (Lipinski definition) is 6. The number of nitrogens with one attached hydrogen (secondary N) is 1. The van der Waals surface area contributed by atoms with E-state index in [1.54, 1.807) is 14.2 Å². The van der Waals surface area contributed by atoms with Gasteiger partial charge in [-0.15, -0.1) is 0 Å². The Kier molecular flexibility index (Phi) is 4.50. The van der Waals surface area contributed by atoms with Gasteiger partial charge in [-0.05, 0) is 11.6 Å². The molecule has 3 atom stereocenters. The molecule has 30 heavy (non-hydrogen) atoms. The van der Waals surface area contributed by atoms with Crippen LogP contribution in [-0.2, 0) is 4.79 Å². The molecule has 0 amide bonds. The number of Topliss-reactive ketones (excluding diaryl/α,β-unsaturated/α-hetero) is 1. The highest BCUT2D eigenvalue weighted by Gasteiger charge is 2.43. The molecule has 1 aliphatic carbocycles. The van der Waals surface area contributed by atoms with Crippen LogP contribution in [0.1, 0.15) is 29.5 Å². The van der Waals surface area contributed by atoms with Gasteiger partial charge in [0.15, 0.2) is 0 Å². The summed E-state index contributed by atoms with van der Waals surface area (Å²) in [5.74, 6) is 1.81. The summed E-state index contributed by atoms with van der Waals surface area (Å²) in [4.78, 5) is 17.8. The Morgan fingerprint density at radius 3 is 2.70 bits per heavy atom. The van der Waals surface area contributed by atoms with Gasteiger partial charge in [0, 0.05) is 29.7 Å². The molecular formula is C23H22N4O3. The van der Waals surface area contributed by atoms with Gasteiger partial charge in [0.2, 0.25) is 5.95 Å². The van der Waals surface area contributed by atoms with Gasteiger partial charge in [-0.25, -0.2) is 4.68 Å². The van der Waals surface area contributed by atoms with Crippen molar-refractivity contribution in [3.8, 4) is 11.5 Å². The summed E-state index contributed by atoms with van der Waals surface area (Å²) in [7, 11) is 3.25. The van der Waals surface area contributed by atoms with Crippen LogP contribution in [0.15, 0.2) is 66.6 Å². The van der Waals surface area contributed by atoms with Crippen molar-refractivity contribution in [3.05, 3.63) is 77.8 Å². The third-order valence-corrected chi connectivity index (χ3v) is 5.87. The molecule has 0 saturated carbocycles. The number of ether oxygens (including phenoxy) is 2. The molecular weight excluding hydrogens is 380 g/mol. The van der Waals surface area contributed by atoms with Crippen molar-refractivity contribution in [3.63, 3.8) is 0 Å². The molecule has 0 saturated heterocycles. The zero-order chi connectivity index (χ0) is 20.7. The Morgan fingerprint density at radius 1 is 1.10 bits per heavy atom. The van der Waals surface area contributed by atoms with Gasteiger partial charge in [0.25, 0.3) is 0 Å². The van der Waals surface area contributed by atoms with E-state index in [2.05, 4.69) is 21.5 Å². The van der Waals surface area contributed by atoms with Gasteiger partial charge in [-0.1, -0.05) is 42.5 Å². The fraction of sp³-hybridized carbons (Fsp3) is 0.261. The van der Waals surface area contributed by atoms with E-state index in [0.717, 1.165) is 22.6 Å². The Labute approximate surface area is 174 Å². The van der Waals surface area contributed by atoms with Crippen LogP contribution in [0.4, 0.5) is 5.95 Å². The first-order valence-corrected chi connectivity index (χ1v) is 9.87. The molecule has 0 unspecified atom stereocenters. The predicted molar refractivity (Wildman–Crippen MR) is 112 cm³/mol. The number of carbonyl (C=O) groups excluding carboxylic acids is 1. The fourth-order valence-corrected chi connectivity index (χ4v) is 4.48. The first kappa shape index (κ1) is 18.4. The van der Waals surface area contributed by atoms with Gasteiger partial charge < -0.3 is 14.8 Å². The summed E-state index contributed by atoms with van der Waals surface area (Å²) < 4.78 is 12.7. The Morgan fingerprint density at radius 2 is 1.93 bits per heavy atom. The molecule has 5 rings (SSSR count). The minimum atomic E-state index is -0.331. The van der Waals surface area contributed by atoms with Gasteiger partial charge in [-0.2, -0.15) is 10.1 Å². The van der Waals surface area contributed by atoms with Crippen LogP contribution in [0.25, 0.3) is 0 Å². The van der Waals surface area contributed by atoms with Gasteiger partial charge in [-0.3, -0.25) is 4.79 Å². The number of carbonyl (C=O) groups is 1. The highest BCUT2D eigenvalue weighted by Crippen LogP contribution is 2.45. The topological polar surface area (TPSA) is 78.3 Å². The van der Waals surface area contributed by atoms with E-state index < -0.39 is 0 Å². The number of allylic oxidation sites excluding steroid dienone is 2. The molecule has 2 heterocycles. The van der Waals surface area contributed by atoms with Gasteiger partial charge in [0.1, 0.15) is 23.6 Å². The van der Waals surface area contributed by atoms with Crippen molar-refractivity contribution in [2.45, 2.75) is 18.4 Å². The van der Waals surface area contributed by atoms with Gasteiger partial charge in [0.05, 0.1) is 26.2 Å². The van der Waals surface area contributed by atoms with Crippen LogP contribution in [0, 0.1) is 5.92 Å². The molecule has 1 aliphatic heterocycles. The monoisotopic (exact) mass is 402 g/mol. The lowest BCUT2D eigenvalue weighted by molar-refractivity contribution is -0.123. The van der Waals surface area contributed by atoms with Crippen LogP contribution in [0.5, 0.6) is 11.5 Å². The van der Waals surface area contributed by atoms with E-state index >= 15 is 0 Å². The van der Waals surface area contributed by atoms with Crippen molar-refractivity contribution < 1.29 is 14.3 Å². The number of hydrogen-bond donors (Lipinski definition) is 1. The smallest absolute Gasteiger partial charge is 0.226 e. The normalized spacial score (nSPS) is 22.4. The second-order valence-corrected chi connectivity index (χ2v) is 7.49. The van der Waals surface area contributed by atoms with Crippen molar-refractivity contribution in [2.24, 2.45) is 5.92 Å². The fourth-order valence-electron chi connectivity index (χ4n) is 4.48. The molecule has 7 nitrogen and oxygen atoms in total. The first-order chi connectivity index (χ1) is 14.7. The van der Waals surface area contributed by atoms with Crippen LogP contribution >= 0.6 is 0 Å². The Balaban J connectivity index is 1.59.